The highest BCUT2D eigenvalue weighted by atomic mass is 31.0. The molecule has 2 aliphatic heterocycles. The van der Waals surface area contributed by atoms with Gasteiger partial charge in [0.2, 0.25) is 0 Å². The van der Waals surface area contributed by atoms with Crippen molar-refractivity contribution in [1.29, 1.82) is 0 Å². The number of aliphatic hydroxyl groups excluding tert-OH is 1. The van der Waals surface area contributed by atoms with Gasteiger partial charge in [-0.05, 0) is 95.0 Å². The summed E-state index contributed by atoms with van der Waals surface area (Å²) in [5.41, 5.74) is 1.29. The second-order valence-electron chi connectivity index (χ2n) is 9.17. The van der Waals surface area contributed by atoms with E-state index in [1.165, 1.54) is 96.8 Å². The van der Waals surface area contributed by atoms with Crippen molar-refractivity contribution in [2.75, 3.05) is 59.1 Å². The minimum Gasteiger partial charge on any atom is -0.395 e. The summed E-state index contributed by atoms with van der Waals surface area (Å²) in [6.07, 6.45) is 12.2. The van der Waals surface area contributed by atoms with Gasteiger partial charge in [-0.1, -0.05) is 0 Å². The topological polar surface area (TPSA) is 38.7 Å². The van der Waals surface area contributed by atoms with Gasteiger partial charge in [-0.2, -0.15) is 0 Å². The summed E-state index contributed by atoms with van der Waals surface area (Å²) >= 11 is 0. The largest absolute Gasteiger partial charge is 0.395 e. The van der Waals surface area contributed by atoms with Crippen LogP contribution in [0.5, 0.6) is 0 Å². The molecule has 2 saturated heterocycles. The van der Waals surface area contributed by atoms with Gasteiger partial charge >= 0.3 is 0 Å². The maximum Gasteiger partial charge on any atom is 0.0586 e. The third-order valence-electron chi connectivity index (χ3n) is 6.91. The fraction of sp³-hybridized carbons (Fsp3) is 1.00. The number of nitrogens with zero attached hydrogens (tertiary/aromatic N) is 2. The predicted octanol–water partition coefficient (Wildman–Crippen LogP) is 2.18. The van der Waals surface area contributed by atoms with Crippen molar-refractivity contribution in [2.24, 2.45) is 10.8 Å². The lowest BCUT2D eigenvalue weighted by molar-refractivity contribution is 0.141. The number of aliphatic hydroxyl groups is 1. The first-order chi connectivity index (χ1) is 12.1. The first-order valence-corrected chi connectivity index (χ1v) is 11.4. The Morgan fingerprint density at radius 1 is 1.00 bits per heavy atom. The molecule has 0 bridgehead atoms. The maximum atomic E-state index is 9.18. The van der Waals surface area contributed by atoms with E-state index in [9.17, 15) is 5.11 Å². The van der Waals surface area contributed by atoms with E-state index >= 15 is 0 Å². The van der Waals surface area contributed by atoms with Crippen LogP contribution in [0.1, 0.15) is 51.4 Å². The molecule has 0 amide bonds. The van der Waals surface area contributed by atoms with Crippen LogP contribution in [-0.4, -0.2) is 80.0 Å². The van der Waals surface area contributed by atoms with Gasteiger partial charge in [0.05, 0.1) is 6.61 Å². The Kier molecular flexibility index (Phi) is 7.18. The molecule has 2 atom stereocenters. The van der Waals surface area contributed by atoms with Crippen molar-refractivity contribution in [3.05, 3.63) is 0 Å². The van der Waals surface area contributed by atoms with Gasteiger partial charge in [0.25, 0.3) is 0 Å². The minimum absolute atomic E-state index is 0.354. The second kappa shape index (κ2) is 8.97. The zero-order chi connectivity index (χ0) is 17.8. The Morgan fingerprint density at radius 2 is 1.68 bits per heavy atom. The smallest absolute Gasteiger partial charge is 0.0586 e. The van der Waals surface area contributed by atoms with Gasteiger partial charge in [-0.15, -0.1) is 9.24 Å². The zero-order valence-electron chi connectivity index (χ0n) is 16.3. The molecular weight excluding hydrogens is 329 g/mol. The summed E-state index contributed by atoms with van der Waals surface area (Å²) in [5.74, 6) is 0. The normalized spacial score (nSPS) is 30.1. The van der Waals surface area contributed by atoms with Crippen LogP contribution in [-0.2, 0) is 0 Å². The van der Waals surface area contributed by atoms with Crippen molar-refractivity contribution in [3.8, 4) is 0 Å². The molecule has 2 saturated carbocycles. The van der Waals surface area contributed by atoms with Crippen LogP contribution in [0, 0.1) is 10.8 Å². The predicted molar refractivity (Wildman–Crippen MR) is 109 cm³/mol. The molecule has 146 valence electrons. The standard InChI is InChI=1S/C10H20N2.C10H20NOP/c1-11-8-10(4-5-10)9-12-6-2-3-7-12;12-6-9-2-1-5-11(9)7-10(8-13)3-4-10/h11H,2-9H2,1H3;9,12H,1-8,13H2. The van der Waals surface area contributed by atoms with E-state index in [1.807, 2.05) is 0 Å². The second-order valence-corrected chi connectivity index (χ2v) is 9.58. The van der Waals surface area contributed by atoms with Gasteiger partial charge < -0.3 is 15.3 Å². The van der Waals surface area contributed by atoms with Crippen LogP contribution in [0.15, 0.2) is 0 Å². The highest BCUT2D eigenvalue weighted by molar-refractivity contribution is 7.16. The molecule has 5 heteroatoms. The highest BCUT2D eigenvalue weighted by Gasteiger charge is 2.44. The van der Waals surface area contributed by atoms with Crippen LogP contribution in [0.2, 0.25) is 0 Å². The molecule has 2 aliphatic carbocycles. The molecule has 2 heterocycles. The van der Waals surface area contributed by atoms with Gasteiger partial charge in [0.15, 0.2) is 0 Å². The van der Waals surface area contributed by atoms with Crippen molar-refractivity contribution >= 4 is 9.24 Å². The van der Waals surface area contributed by atoms with Crippen LogP contribution in [0.3, 0.4) is 0 Å². The maximum absolute atomic E-state index is 9.18. The number of likely N-dealkylation sites (tertiary alicyclic amines) is 2. The van der Waals surface area contributed by atoms with Gasteiger partial charge in [-0.3, -0.25) is 4.90 Å². The van der Waals surface area contributed by atoms with Crippen LogP contribution in [0.4, 0.5) is 0 Å². The molecule has 0 aromatic carbocycles. The molecule has 4 rings (SSSR count). The van der Waals surface area contributed by atoms with Crippen molar-refractivity contribution in [1.82, 2.24) is 15.1 Å². The number of hydrogen-bond acceptors (Lipinski definition) is 4. The number of hydrogen-bond donors (Lipinski definition) is 2. The molecule has 2 N–H and O–H groups in total. The van der Waals surface area contributed by atoms with E-state index in [1.54, 1.807) is 0 Å². The molecule has 0 radical (unpaired) electrons. The third-order valence-corrected chi connectivity index (χ3v) is 7.77. The molecule has 0 aromatic heterocycles. The lowest BCUT2D eigenvalue weighted by atomic mass is 10.1. The average molecular weight is 370 g/mol. The first kappa shape index (κ1) is 20.0. The van der Waals surface area contributed by atoms with Crippen LogP contribution < -0.4 is 5.32 Å². The molecule has 4 nitrogen and oxygen atoms in total. The highest BCUT2D eigenvalue weighted by Crippen LogP contribution is 2.48. The lowest BCUT2D eigenvalue weighted by Crippen LogP contribution is -2.37. The van der Waals surface area contributed by atoms with Crippen molar-refractivity contribution in [2.45, 2.75) is 57.4 Å². The molecule has 4 aliphatic rings. The Bertz CT molecular complexity index is 406. The van der Waals surface area contributed by atoms with Gasteiger partial charge in [0, 0.05) is 25.7 Å². The van der Waals surface area contributed by atoms with E-state index in [-0.39, 0.29) is 0 Å². The molecule has 0 aromatic rings. The Morgan fingerprint density at radius 3 is 2.20 bits per heavy atom. The fourth-order valence-electron chi connectivity index (χ4n) is 4.70. The summed E-state index contributed by atoms with van der Waals surface area (Å²) in [6, 6.07) is 0.467. The van der Waals surface area contributed by atoms with Crippen LogP contribution in [0.25, 0.3) is 0 Å². The van der Waals surface area contributed by atoms with E-state index in [4.69, 9.17) is 0 Å². The van der Waals surface area contributed by atoms with Gasteiger partial charge in [-0.25, -0.2) is 0 Å². The summed E-state index contributed by atoms with van der Waals surface area (Å²) < 4.78 is 0. The van der Waals surface area contributed by atoms with Crippen molar-refractivity contribution < 1.29 is 5.11 Å². The van der Waals surface area contributed by atoms with Crippen LogP contribution >= 0.6 is 9.24 Å². The average Bonchev–Trinajstić information content (AvgIpc) is 3.43. The molecule has 25 heavy (non-hydrogen) atoms. The Balaban J connectivity index is 0.000000146. The zero-order valence-corrected chi connectivity index (χ0v) is 17.5. The Hall–Kier alpha value is 0.270. The monoisotopic (exact) mass is 369 g/mol. The minimum atomic E-state index is 0.354. The van der Waals surface area contributed by atoms with Crippen molar-refractivity contribution in [3.63, 3.8) is 0 Å². The molecule has 4 fully saturated rings. The first-order valence-electron chi connectivity index (χ1n) is 10.6. The molecular formula is C20H40N3OP. The summed E-state index contributed by atoms with van der Waals surface area (Å²) in [6.45, 7) is 8.07. The van der Waals surface area contributed by atoms with E-state index in [2.05, 4.69) is 31.4 Å². The fourth-order valence-corrected chi connectivity index (χ4v) is 5.24. The summed E-state index contributed by atoms with van der Waals surface area (Å²) in [4.78, 5) is 5.14. The number of nitrogens with one attached hydrogen (secondary N) is 1. The quantitative estimate of drug-likeness (QED) is 0.644. The summed E-state index contributed by atoms with van der Waals surface area (Å²) in [5, 5.41) is 12.5. The van der Waals surface area contributed by atoms with E-state index < -0.39 is 0 Å². The molecule has 2 unspecified atom stereocenters. The van der Waals surface area contributed by atoms with E-state index in [0.717, 1.165) is 0 Å². The lowest BCUT2D eigenvalue weighted by Gasteiger charge is -2.27. The SMILES string of the molecule is CNCC1(CN2CCCC2)CC1.OCC1CCCN1CC1(CP)CC1. The van der Waals surface area contributed by atoms with E-state index in [0.29, 0.717) is 23.5 Å². The summed E-state index contributed by atoms with van der Waals surface area (Å²) in [7, 11) is 4.95. The molecule has 0 spiro atoms. The number of rotatable bonds is 8. The Labute approximate surface area is 157 Å². The third kappa shape index (κ3) is 5.62. The van der Waals surface area contributed by atoms with Gasteiger partial charge in [0.1, 0.15) is 0 Å².